The average Bonchev–Trinajstić information content (AvgIpc) is 2.82. The van der Waals surface area contributed by atoms with E-state index in [1.54, 1.807) is 16.8 Å². The highest BCUT2D eigenvalue weighted by atomic mass is 32.1. The topological polar surface area (TPSA) is 54.0 Å². The Morgan fingerprint density at radius 1 is 1.71 bits per heavy atom. The summed E-state index contributed by atoms with van der Waals surface area (Å²) >= 11 is 1.57. The molecule has 2 atom stereocenters. The smallest absolute Gasteiger partial charge is 0.220 e. The summed E-state index contributed by atoms with van der Waals surface area (Å²) in [5, 5.41) is 8.48. The first-order valence-electron chi connectivity index (χ1n) is 6.15. The summed E-state index contributed by atoms with van der Waals surface area (Å²) in [5.41, 5.74) is 2.82. The molecule has 2 unspecified atom stereocenters. The molecule has 1 aliphatic heterocycles. The van der Waals surface area contributed by atoms with Crippen molar-refractivity contribution < 1.29 is 4.79 Å². The summed E-state index contributed by atoms with van der Waals surface area (Å²) < 4.78 is 0. The molecule has 0 bridgehead atoms. The highest BCUT2D eigenvalue weighted by Crippen LogP contribution is 2.09. The standard InChI is InChI=1S/C12H19N3OS/c1-9-11(3-2-6-13-9)15-12(16)5-4-10-7-17-8-14-10/h7-9,11,13H,2-6H2,1H3,(H,15,16). The van der Waals surface area contributed by atoms with E-state index in [1.165, 1.54) is 0 Å². The quantitative estimate of drug-likeness (QED) is 0.851. The van der Waals surface area contributed by atoms with Crippen LogP contribution in [0.1, 0.15) is 31.9 Å². The van der Waals surface area contributed by atoms with Gasteiger partial charge in [-0.05, 0) is 32.7 Å². The number of hydrogen-bond donors (Lipinski definition) is 2. The first-order chi connectivity index (χ1) is 8.25. The fraction of sp³-hybridized carbons (Fsp3) is 0.667. The molecular formula is C12H19N3OS. The summed E-state index contributed by atoms with van der Waals surface area (Å²) in [6.45, 7) is 3.19. The summed E-state index contributed by atoms with van der Waals surface area (Å²) in [4.78, 5) is 16.0. The van der Waals surface area contributed by atoms with Gasteiger partial charge in [-0.2, -0.15) is 0 Å². The van der Waals surface area contributed by atoms with Crippen LogP contribution in [-0.4, -0.2) is 29.5 Å². The maximum atomic E-state index is 11.8. The van der Waals surface area contributed by atoms with Crippen molar-refractivity contribution in [1.82, 2.24) is 15.6 Å². The molecule has 5 heteroatoms. The van der Waals surface area contributed by atoms with Crippen molar-refractivity contribution in [3.8, 4) is 0 Å². The minimum atomic E-state index is 0.138. The fourth-order valence-corrected chi connectivity index (χ4v) is 2.72. The number of nitrogens with one attached hydrogen (secondary N) is 2. The largest absolute Gasteiger partial charge is 0.352 e. The van der Waals surface area contributed by atoms with Crippen LogP contribution in [0.3, 0.4) is 0 Å². The van der Waals surface area contributed by atoms with Crippen LogP contribution < -0.4 is 10.6 Å². The molecule has 1 amide bonds. The lowest BCUT2D eigenvalue weighted by Gasteiger charge is -2.30. The Morgan fingerprint density at radius 2 is 2.59 bits per heavy atom. The summed E-state index contributed by atoms with van der Waals surface area (Å²) in [7, 11) is 0. The predicted molar refractivity (Wildman–Crippen MR) is 69.1 cm³/mol. The van der Waals surface area contributed by atoms with Crippen molar-refractivity contribution in [2.45, 2.75) is 44.7 Å². The van der Waals surface area contributed by atoms with Crippen molar-refractivity contribution in [2.24, 2.45) is 0 Å². The van der Waals surface area contributed by atoms with E-state index in [9.17, 15) is 4.79 Å². The summed E-state index contributed by atoms with van der Waals surface area (Å²) in [6.07, 6.45) is 3.49. The number of aromatic nitrogens is 1. The minimum Gasteiger partial charge on any atom is -0.352 e. The number of thiazole rings is 1. The number of carbonyl (C=O) groups excluding carboxylic acids is 1. The Morgan fingerprint density at radius 3 is 3.29 bits per heavy atom. The fourth-order valence-electron chi connectivity index (χ4n) is 2.12. The van der Waals surface area contributed by atoms with Crippen LogP contribution in [-0.2, 0) is 11.2 Å². The van der Waals surface area contributed by atoms with Gasteiger partial charge in [-0.3, -0.25) is 4.79 Å². The molecule has 0 spiro atoms. The van der Waals surface area contributed by atoms with Gasteiger partial charge < -0.3 is 10.6 Å². The predicted octanol–water partition coefficient (Wildman–Crippen LogP) is 1.33. The molecule has 0 aliphatic carbocycles. The van der Waals surface area contributed by atoms with E-state index in [0.29, 0.717) is 12.5 Å². The number of amides is 1. The van der Waals surface area contributed by atoms with Crippen molar-refractivity contribution >= 4 is 17.2 Å². The van der Waals surface area contributed by atoms with Gasteiger partial charge in [0.15, 0.2) is 0 Å². The van der Waals surface area contributed by atoms with Crippen LogP contribution in [0.5, 0.6) is 0 Å². The first kappa shape index (κ1) is 12.5. The molecule has 1 saturated heterocycles. The Balaban J connectivity index is 1.73. The molecule has 94 valence electrons. The number of carbonyl (C=O) groups is 1. The van der Waals surface area contributed by atoms with Crippen LogP contribution in [0.25, 0.3) is 0 Å². The van der Waals surface area contributed by atoms with Gasteiger partial charge in [0.1, 0.15) is 0 Å². The molecule has 1 aromatic heterocycles. The van der Waals surface area contributed by atoms with E-state index in [2.05, 4.69) is 22.5 Å². The maximum absolute atomic E-state index is 11.8. The second-order valence-corrected chi connectivity index (χ2v) is 5.26. The number of rotatable bonds is 4. The molecule has 2 rings (SSSR count). The summed E-state index contributed by atoms with van der Waals surface area (Å²) in [6, 6.07) is 0.665. The van der Waals surface area contributed by atoms with Gasteiger partial charge in [0.05, 0.1) is 11.2 Å². The number of hydrogen-bond acceptors (Lipinski definition) is 4. The van der Waals surface area contributed by atoms with Crippen LogP contribution in [0.2, 0.25) is 0 Å². The van der Waals surface area contributed by atoms with E-state index in [0.717, 1.165) is 31.5 Å². The maximum Gasteiger partial charge on any atom is 0.220 e. The molecule has 17 heavy (non-hydrogen) atoms. The van der Waals surface area contributed by atoms with Crippen molar-refractivity contribution in [1.29, 1.82) is 0 Å². The molecule has 1 aromatic rings. The third-order valence-corrected chi connectivity index (χ3v) is 3.84. The lowest BCUT2D eigenvalue weighted by atomic mass is 9.99. The van der Waals surface area contributed by atoms with Crippen molar-refractivity contribution in [2.75, 3.05) is 6.54 Å². The van der Waals surface area contributed by atoms with Crippen LogP contribution in [0.15, 0.2) is 10.9 Å². The Kier molecular flexibility index (Phi) is 4.50. The highest BCUT2D eigenvalue weighted by molar-refractivity contribution is 7.07. The van der Waals surface area contributed by atoms with Gasteiger partial charge >= 0.3 is 0 Å². The molecule has 0 aromatic carbocycles. The lowest BCUT2D eigenvalue weighted by molar-refractivity contribution is -0.122. The average molecular weight is 253 g/mol. The third kappa shape index (κ3) is 3.78. The van der Waals surface area contributed by atoms with Crippen molar-refractivity contribution in [3.63, 3.8) is 0 Å². The minimum absolute atomic E-state index is 0.138. The number of aryl methyl sites for hydroxylation is 1. The molecule has 4 nitrogen and oxygen atoms in total. The van der Waals surface area contributed by atoms with E-state index < -0.39 is 0 Å². The van der Waals surface area contributed by atoms with Gasteiger partial charge in [0.2, 0.25) is 5.91 Å². The molecular weight excluding hydrogens is 234 g/mol. The number of nitrogens with zero attached hydrogens (tertiary/aromatic N) is 1. The molecule has 0 saturated carbocycles. The van der Waals surface area contributed by atoms with E-state index in [1.807, 2.05) is 5.38 Å². The molecule has 0 radical (unpaired) electrons. The van der Waals surface area contributed by atoms with Gasteiger partial charge in [-0.15, -0.1) is 11.3 Å². The second kappa shape index (κ2) is 6.12. The lowest BCUT2D eigenvalue weighted by Crippen LogP contribution is -2.51. The monoisotopic (exact) mass is 253 g/mol. The normalized spacial score (nSPS) is 24.5. The first-order valence-corrected chi connectivity index (χ1v) is 7.10. The molecule has 2 N–H and O–H groups in total. The van der Waals surface area contributed by atoms with Gasteiger partial charge in [-0.1, -0.05) is 0 Å². The number of piperidine rings is 1. The van der Waals surface area contributed by atoms with Gasteiger partial charge in [0, 0.05) is 23.9 Å². The Hall–Kier alpha value is -0.940. The van der Waals surface area contributed by atoms with Crippen LogP contribution in [0, 0.1) is 0 Å². The Bertz CT molecular complexity index is 353. The summed E-state index contributed by atoms with van der Waals surface area (Å²) in [5.74, 6) is 0.138. The van der Waals surface area contributed by atoms with E-state index in [-0.39, 0.29) is 11.9 Å². The van der Waals surface area contributed by atoms with E-state index >= 15 is 0 Å². The Labute approximate surface area is 106 Å². The molecule has 1 aliphatic rings. The highest BCUT2D eigenvalue weighted by Gasteiger charge is 2.21. The van der Waals surface area contributed by atoms with Gasteiger partial charge in [0.25, 0.3) is 0 Å². The zero-order chi connectivity index (χ0) is 12.1. The van der Waals surface area contributed by atoms with Crippen molar-refractivity contribution in [3.05, 3.63) is 16.6 Å². The molecule has 1 fully saturated rings. The van der Waals surface area contributed by atoms with E-state index in [4.69, 9.17) is 0 Å². The SMILES string of the molecule is CC1NCCCC1NC(=O)CCc1cscn1. The van der Waals surface area contributed by atoms with Crippen LogP contribution >= 0.6 is 11.3 Å². The zero-order valence-electron chi connectivity index (χ0n) is 10.1. The zero-order valence-corrected chi connectivity index (χ0v) is 10.9. The van der Waals surface area contributed by atoms with Gasteiger partial charge in [-0.25, -0.2) is 4.98 Å². The third-order valence-electron chi connectivity index (χ3n) is 3.20. The van der Waals surface area contributed by atoms with Crippen LogP contribution in [0.4, 0.5) is 0 Å². The molecule has 2 heterocycles. The second-order valence-electron chi connectivity index (χ2n) is 4.54.